The summed E-state index contributed by atoms with van der Waals surface area (Å²) in [5.74, 6) is -1.06. The molecule has 0 amide bonds. The van der Waals surface area contributed by atoms with E-state index in [9.17, 15) is 9.90 Å². The topological polar surface area (TPSA) is 52.9 Å². The Kier molecular flexibility index (Phi) is 5.20. The lowest BCUT2D eigenvalue weighted by Crippen LogP contribution is -2.19. The van der Waals surface area contributed by atoms with Gasteiger partial charge in [-0.15, -0.1) is 0 Å². The first-order valence-electron chi connectivity index (χ1n) is 8.73. The van der Waals surface area contributed by atoms with Gasteiger partial charge in [0.25, 0.3) is 0 Å². The van der Waals surface area contributed by atoms with Crippen LogP contribution in [-0.4, -0.2) is 16.8 Å². The number of hydrazone groups is 1. The maximum Gasteiger partial charge on any atom is 0.337 e. The smallest absolute Gasteiger partial charge is 0.337 e. The number of aromatic carboxylic acids is 1. The van der Waals surface area contributed by atoms with Crippen molar-refractivity contribution in [2.24, 2.45) is 5.10 Å². The molecule has 0 spiro atoms. The van der Waals surface area contributed by atoms with E-state index in [0.717, 1.165) is 27.7 Å². The molecular weight excluding hydrogens is 440 g/mol. The summed E-state index contributed by atoms with van der Waals surface area (Å²) >= 11 is 9.53. The van der Waals surface area contributed by atoms with Gasteiger partial charge in [0.2, 0.25) is 0 Å². The fourth-order valence-electron chi connectivity index (χ4n) is 3.32. The molecule has 1 aliphatic rings. The number of halogens is 2. The molecule has 1 unspecified atom stereocenters. The second-order valence-electron chi connectivity index (χ2n) is 6.50. The van der Waals surface area contributed by atoms with Crippen molar-refractivity contribution in [3.8, 4) is 0 Å². The molecule has 28 heavy (non-hydrogen) atoms. The summed E-state index contributed by atoms with van der Waals surface area (Å²) in [6.07, 6.45) is 0.719. The SMILES string of the molecule is O=C(O)c1cc(N2N=C(c3ccccc3)CC2c2ccc(Br)cc2)ccc1Cl. The molecule has 0 saturated heterocycles. The highest BCUT2D eigenvalue weighted by atomic mass is 79.9. The third-order valence-corrected chi connectivity index (χ3v) is 5.58. The zero-order chi connectivity index (χ0) is 19.7. The Balaban J connectivity index is 1.79. The molecule has 0 saturated carbocycles. The maximum absolute atomic E-state index is 11.5. The number of carboxylic acid groups (broad SMARTS) is 1. The molecule has 0 radical (unpaired) electrons. The van der Waals surface area contributed by atoms with Crippen molar-refractivity contribution >= 4 is 44.9 Å². The van der Waals surface area contributed by atoms with Crippen LogP contribution in [0, 0.1) is 0 Å². The molecule has 1 N–H and O–H groups in total. The Bertz CT molecular complexity index is 1050. The van der Waals surface area contributed by atoms with Crippen LogP contribution < -0.4 is 5.01 Å². The van der Waals surface area contributed by atoms with Crippen molar-refractivity contribution in [3.63, 3.8) is 0 Å². The van der Waals surface area contributed by atoms with Crippen LogP contribution in [0.5, 0.6) is 0 Å². The van der Waals surface area contributed by atoms with Gasteiger partial charge in [0, 0.05) is 10.9 Å². The van der Waals surface area contributed by atoms with E-state index in [4.69, 9.17) is 16.7 Å². The Morgan fingerprint density at radius 3 is 2.46 bits per heavy atom. The molecule has 1 aliphatic heterocycles. The van der Waals surface area contributed by atoms with E-state index in [2.05, 4.69) is 28.1 Å². The van der Waals surface area contributed by atoms with Gasteiger partial charge in [0.1, 0.15) is 0 Å². The van der Waals surface area contributed by atoms with E-state index in [-0.39, 0.29) is 16.6 Å². The molecule has 1 heterocycles. The lowest BCUT2D eigenvalue weighted by Gasteiger charge is -2.24. The predicted octanol–water partition coefficient (Wildman–Crippen LogP) is 6.16. The number of carbonyl (C=O) groups is 1. The van der Waals surface area contributed by atoms with Crippen molar-refractivity contribution in [2.45, 2.75) is 12.5 Å². The average Bonchev–Trinajstić information content (AvgIpc) is 3.15. The molecule has 140 valence electrons. The highest BCUT2D eigenvalue weighted by Crippen LogP contribution is 2.38. The minimum absolute atomic E-state index is 0.0360. The summed E-state index contributed by atoms with van der Waals surface area (Å²) < 4.78 is 1.00. The largest absolute Gasteiger partial charge is 0.478 e. The van der Waals surface area contributed by atoms with E-state index in [1.165, 1.54) is 0 Å². The molecule has 0 fully saturated rings. The summed E-state index contributed by atoms with van der Waals surface area (Å²) in [5.41, 5.74) is 3.88. The molecule has 0 aliphatic carbocycles. The lowest BCUT2D eigenvalue weighted by molar-refractivity contribution is 0.0697. The Morgan fingerprint density at radius 2 is 1.79 bits per heavy atom. The summed E-state index contributed by atoms with van der Waals surface area (Å²) in [6.45, 7) is 0. The fourth-order valence-corrected chi connectivity index (χ4v) is 3.78. The number of carboxylic acids is 1. The second kappa shape index (κ2) is 7.78. The lowest BCUT2D eigenvalue weighted by atomic mass is 9.98. The van der Waals surface area contributed by atoms with Gasteiger partial charge >= 0.3 is 5.97 Å². The van der Waals surface area contributed by atoms with Crippen LogP contribution in [0.3, 0.4) is 0 Å². The predicted molar refractivity (Wildman–Crippen MR) is 115 cm³/mol. The van der Waals surface area contributed by atoms with Crippen LogP contribution in [0.25, 0.3) is 0 Å². The number of hydrogen-bond acceptors (Lipinski definition) is 3. The van der Waals surface area contributed by atoms with Crippen LogP contribution in [0.1, 0.15) is 33.9 Å². The van der Waals surface area contributed by atoms with Crippen molar-refractivity contribution in [2.75, 3.05) is 5.01 Å². The van der Waals surface area contributed by atoms with Crippen molar-refractivity contribution in [1.29, 1.82) is 0 Å². The van der Waals surface area contributed by atoms with Gasteiger partial charge in [-0.1, -0.05) is 70.0 Å². The monoisotopic (exact) mass is 454 g/mol. The van der Waals surface area contributed by atoms with E-state index < -0.39 is 5.97 Å². The number of hydrogen-bond donors (Lipinski definition) is 1. The Hall–Kier alpha value is -2.63. The minimum Gasteiger partial charge on any atom is -0.478 e. The van der Waals surface area contributed by atoms with Gasteiger partial charge in [-0.25, -0.2) is 4.79 Å². The van der Waals surface area contributed by atoms with Gasteiger partial charge < -0.3 is 5.11 Å². The Labute approximate surface area is 176 Å². The number of nitrogens with zero attached hydrogens (tertiary/aromatic N) is 2. The Morgan fingerprint density at radius 1 is 1.07 bits per heavy atom. The molecule has 0 bridgehead atoms. The number of rotatable bonds is 4. The summed E-state index contributed by atoms with van der Waals surface area (Å²) in [6, 6.07) is 23.1. The molecule has 6 heteroatoms. The van der Waals surface area contributed by atoms with E-state index >= 15 is 0 Å². The fraction of sp³-hybridized carbons (Fsp3) is 0.0909. The number of benzene rings is 3. The third kappa shape index (κ3) is 3.68. The van der Waals surface area contributed by atoms with Gasteiger partial charge in [0.15, 0.2) is 0 Å². The van der Waals surface area contributed by atoms with Gasteiger partial charge in [-0.3, -0.25) is 5.01 Å². The summed E-state index contributed by atoms with van der Waals surface area (Å²) in [4.78, 5) is 11.5. The average molecular weight is 456 g/mol. The van der Waals surface area contributed by atoms with E-state index in [1.807, 2.05) is 47.5 Å². The van der Waals surface area contributed by atoms with Crippen molar-refractivity contribution in [1.82, 2.24) is 0 Å². The van der Waals surface area contributed by atoms with Crippen LogP contribution in [0.4, 0.5) is 5.69 Å². The first-order valence-corrected chi connectivity index (χ1v) is 9.90. The quantitative estimate of drug-likeness (QED) is 0.513. The molecule has 0 aromatic heterocycles. The van der Waals surface area contributed by atoms with Gasteiger partial charge in [-0.2, -0.15) is 5.10 Å². The highest BCUT2D eigenvalue weighted by Gasteiger charge is 2.30. The van der Waals surface area contributed by atoms with Crippen molar-refractivity contribution < 1.29 is 9.90 Å². The molecule has 4 rings (SSSR count). The van der Waals surface area contributed by atoms with Crippen molar-refractivity contribution in [3.05, 3.63) is 99.0 Å². The normalized spacial score (nSPS) is 16.1. The molecule has 1 atom stereocenters. The molecule has 3 aromatic carbocycles. The van der Waals surface area contributed by atoms with Gasteiger partial charge in [0.05, 0.1) is 28.0 Å². The maximum atomic E-state index is 11.5. The second-order valence-corrected chi connectivity index (χ2v) is 7.82. The highest BCUT2D eigenvalue weighted by molar-refractivity contribution is 9.10. The molecule has 4 nitrogen and oxygen atoms in total. The zero-order valence-electron chi connectivity index (χ0n) is 14.7. The first kappa shape index (κ1) is 18.7. The van der Waals surface area contributed by atoms with E-state index in [0.29, 0.717) is 5.69 Å². The van der Waals surface area contributed by atoms with Crippen LogP contribution >= 0.6 is 27.5 Å². The zero-order valence-corrected chi connectivity index (χ0v) is 17.1. The standard InChI is InChI=1S/C22H16BrClN2O2/c23-16-8-6-15(7-9-16)21-13-20(14-4-2-1-3-5-14)25-26(21)17-10-11-19(24)18(12-17)22(27)28/h1-12,21H,13H2,(H,27,28). The van der Waals surface area contributed by atoms with Crippen LogP contribution in [0.15, 0.2) is 82.4 Å². The minimum atomic E-state index is -1.06. The summed E-state index contributed by atoms with van der Waals surface area (Å²) in [7, 11) is 0. The summed E-state index contributed by atoms with van der Waals surface area (Å²) in [5, 5.41) is 16.4. The molecular formula is C22H16BrClN2O2. The van der Waals surface area contributed by atoms with Crippen LogP contribution in [-0.2, 0) is 0 Å². The third-order valence-electron chi connectivity index (χ3n) is 4.72. The number of anilines is 1. The first-order chi connectivity index (χ1) is 13.5. The molecule has 3 aromatic rings. The van der Waals surface area contributed by atoms with Gasteiger partial charge in [-0.05, 0) is 41.5 Å². The van der Waals surface area contributed by atoms with Crippen LogP contribution in [0.2, 0.25) is 5.02 Å². The van der Waals surface area contributed by atoms with E-state index in [1.54, 1.807) is 18.2 Å².